The van der Waals surface area contributed by atoms with Gasteiger partial charge in [0.15, 0.2) is 28.7 Å². The Morgan fingerprint density at radius 3 is 0.834 bits per heavy atom. The normalized spacial score (nSPS) is 11.8. The van der Waals surface area contributed by atoms with Gasteiger partial charge in [-0.15, -0.1) is 58.0 Å². The number of benzene rings is 10. The van der Waals surface area contributed by atoms with E-state index in [-0.39, 0.29) is 71.0 Å². The summed E-state index contributed by atoms with van der Waals surface area (Å²) in [5.41, 5.74) is 18.6. The van der Waals surface area contributed by atoms with Crippen molar-refractivity contribution in [3.8, 4) is 28.7 Å². The zero-order valence-electron chi connectivity index (χ0n) is 83.1. The summed E-state index contributed by atoms with van der Waals surface area (Å²) in [7, 11) is -3.41. The van der Waals surface area contributed by atoms with Crippen LogP contribution in [0.15, 0.2) is 187 Å². The summed E-state index contributed by atoms with van der Waals surface area (Å²) in [6.45, 7) is 31.8. The lowest BCUT2D eigenvalue weighted by atomic mass is 9.78. The maximum atomic E-state index is 11.8. The fraction of sp³-hybridized carbons (Fsp3) is 0.404. The first-order valence-corrected chi connectivity index (χ1v) is 56.4. The fourth-order valence-electron chi connectivity index (χ4n) is 13.6. The average Bonchev–Trinajstić information content (AvgIpc) is 0.808. The molecule has 2 amide bonds. The smallest absolute Gasteiger partial charge is 0.310 e. The number of oxime groups is 1. The van der Waals surface area contributed by atoms with E-state index in [4.69, 9.17) is 213 Å². The summed E-state index contributed by atoms with van der Waals surface area (Å²) >= 11 is 98.7. The highest BCUT2D eigenvalue weighted by Crippen LogP contribution is 2.47. The first-order chi connectivity index (χ1) is 67.8. The average molecular weight is 2440 g/mol. The topological polar surface area (TPSA) is 252 Å². The second-order valence-electron chi connectivity index (χ2n) is 36.7. The van der Waals surface area contributed by atoms with Gasteiger partial charge in [-0.1, -0.05) is 358 Å². The monoisotopic (exact) mass is 2430 g/mol. The van der Waals surface area contributed by atoms with Crippen molar-refractivity contribution in [2.24, 2.45) is 16.8 Å². The number of esters is 1. The Bertz CT molecular complexity index is 5790. The van der Waals surface area contributed by atoms with Gasteiger partial charge in [-0.3, -0.25) is 19.2 Å². The van der Waals surface area contributed by atoms with Gasteiger partial charge in [-0.25, -0.2) is 13.1 Å². The Labute approximate surface area is 949 Å². The summed E-state index contributed by atoms with van der Waals surface area (Å²) in [5.74, 6) is 4.40. The molecule has 145 heavy (non-hydrogen) atoms. The molecule has 0 aromatic heterocycles. The van der Waals surface area contributed by atoms with Crippen molar-refractivity contribution in [3.63, 3.8) is 0 Å². The predicted molar refractivity (Wildman–Crippen MR) is 618 cm³/mol. The molecule has 0 heterocycles. The van der Waals surface area contributed by atoms with Crippen LogP contribution in [0.2, 0.25) is 50.2 Å². The van der Waals surface area contributed by atoms with Crippen molar-refractivity contribution in [1.29, 1.82) is 0 Å². The summed E-state index contributed by atoms with van der Waals surface area (Å²) in [6, 6.07) is 58.3. The van der Waals surface area contributed by atoms with Gasteiger partial charge < -0.3 is 50.0 Å². The number of sulfonamides is 1. The molecule has 6 N–H and O–H groups in total. The molecule has 0 aliphatic rings. The zero-order chi connectivity index (χ0) is 108. The SMILES string of the molecule is C.CC(C)(c1ccc(/C=N/O)cc1)c1cc(Cl)c(OCCCCl)c(Cl)c1.CC(C)(c1ccc(C=O)cc1)c1cc(Cl)c(OCCCCl)c(Cl)c1.CC(C)(c1ccc(CN)cc1)c1cc(Cl)c(OCCCCl)c(Cl)c1.CC(C)(c1ccc(CNC(=O)CBr)cc1)c1cc(Cl)c(OCCCCl)c(Cl)c1.CC(C)(c1ccc(CNC(=O)CNS(C)(=O)=O)cc1)c1cc(Cl)c(OCCCCl)c(Cl)c1.CC(CBr)C(=O)OC(C)(C)C. The quantitative estimate of drug-likeness (QED) is 0.00453. The lowest BCUT2D eigenvalue weighted by Gasteiger charge is -2.27. The molecule has 0 fully saturated rings. The number of nitrogens with one attached hydrogen (secondary N) is 3. The van der Waals surface area contributed by atoms with Gasteiger partial charge in [-0.05, 0) is 191 Å². The molecule has 0 aliphatic carbocycles. The second kappa shape index (κ2) is 64.1. The number of rotatable bonds is 43. The Morgan fingerprint density at radius 1 is 0.393 bits per heavy atom. The minimum Gasteiger partial charge on any atom is -0.490 e. The number of aldehydes is 1. The van der Waals surface area contributed by atoms with E-state index in [9.17, 15) is 27.6 Å². The summed E-state index contributed by atoms with van der Waals surface area (Å²) in [4.78, 5) is 45.1. The number of carbonyl (C=O) groups excluding carboxylic acids is 4. The van der Waals surface area contributed by atoms with Crippen LogP contribution in [-0.4, -0.2) is 135 Å². The van der Waals surface area contributed by atoms with E-state index in [1.165, 1.54) is 11.8 Å². The lowest BCUT2D eigenvalue weighted by molar-refractivity contribution is -0.158. The standard InChI is InChI=1S/C22H27Cl3N2O4S.C21H23BrCl3NO2.C19H20Cl3NO2.C19H22Cl3NO.C19H19Cl3O2.C8H15BrO2.CH4/c1-22(2,17-11-18(24)21(19(25)12-17)31-10-4-9-23)16-7-5-15(6-8-16)13-26-20(28)14-27-32(3,29)30;1-21(2,15-6-4-14(5-7-15)13-26-19(27)12-22)16-10-17(24)20(18(25)11-16)28-9-3-8-23;1-19(2,14-6-4-13(5-7-14)12-23-24)15-10-16(21)18(17(22)11-15)25-9-3-8-20;2*1-19(2,14-6-4-13(12-23)5-7-14)15-10-16(21)18(17(22)11-15)24-9-3-8-20;1-6(5-9)7(10)11-8(2,3)4;/h5-8,11-12,27H,4,9-10,13-14H2,1-3H3,(H,26,28);4-7,10-11H,3,8-9,12-13H2,1-2H3,(H,26,27);4-7,10-12,24H,3,8-9H2,1-2H3;4-7,10-11H,3,8-9,12,23H2,1-2H3;4-7,10-12H,3,8-9H2,1-2H3;6H,5H2,1-4H3;1H4/b;;23-12+;;;;. The third kappa shape index (κ3) is 42.5. The highest BCUT2D eigenvalue weighted by atomic mass is 79.9. The molecule has 18 nitrogen and oxygen atoms in total. The van der Waals surface area contributed by atoms with Gasteiger partial charge in [0.2, 0.25) is 21.8 Å². The molecular weight excluding hydrogens is 2310 g/mol. The predicted octanol–water partition coefficient (Wildman–Crippen LogP) is 31.9. The van der Waals surface area contributed by atoms with Gasteiger partial charge in [0.25, 0.3) is 0 Å². The number of ether oxygens (including phenoxy) is 6. The number of nitrogens with two attached hydrogens (primary N) is 1. The van der Waals surface area contributed by atoms with Crippen LogP contribution in [0.1, 0.15) is 225 Å². The van der Waals surface area contributed by atoms with Gasteiger partial charge in [0.05, 0.1) is 114 Å². The number of amides is 2. The highest BCUT2D eigenvalue weighted by molar-refractivity contribution is 9.09. The van der Waals surface area contributed by atoms with Gasteiger partial charge in [-0.2, -0.15) is 0 Å². The third-order valence-electron chi connectivity index (χ3n) is 22.7. The van der Waals surface area contributed by atoms with Gasteiger partial charge >= 0.3 is 5.97 Å². The maximum Gasteiger partial charge on any atom is 0.310 e. The zero-order valence-corrected chi connectivity index (χ0v) is 98.4. The van der Waals surface area contributed by atoms with Crippen LogP contribution in [0.5, 0.6) is 28.7 Å². The molecule has 0 bridgehead atoms. The van der Waals surface area contributed by atoms with Crippen LogP contribution in [0.25, 0.3) is 0 Å². The molecule has 10 rings (SSSR count). The van der Waals surface area contributed by atoms with Crippen LogP contribution in [0, 0.1) is 5.92 Å². The van der Waals surface area contributed by atoms with Crippen LogP contribution in [-0.2, 0) is 75.9 Å². The van der Waals surface area contributed by atoms with Crippen molar-refractivity contribution in [1.82, 2.24) is 15.4 Å². The Hall–Kier alpha value is -6.07. The van der Waals surface area contributed by atoms with E-state index < -0.39 is 15.9 Å². The molecule has 1 unspecified atom stereocenters. The Morgan fingerprint density at radius 2 is 0.628 bits per heavy atom. The molecule has 10 aromatic rings. The number of carbonyl (C=O) groups is 4. The van der Waals surface area contributed by atoms with Crippen LogP contribution in [0.4, 0.5) is 0 Å². The minimum atomic E-state index is -3.41. The lowest BCUT2D eigenvalue weighted by Crippen LogP contribution is -2.36. The summed E-state index contributed by atoms with van der Waals surface area (Å²) < 4.78 is 57.6. The molecular formula is C109H130Br2Cl15N5O13S. The van der Waals surface area contributed by atoms with E-state index in [0.717, 1.165) is 111 Å². The molecule has 1 atom stereocenters. The number of nitrogens with zero attached hydrogens (tertiary/aromatic N) is 1. The van der Waals surface area contributed by atoms with Crippen molar-refractivity contribution in [3.05, 3.63) is 316 Å². The maximum absolute atomic E-state index is 11.8. The van der Waals surface area contributed by atoms with Crippen molar-refractivity contribution < 1.29 is 61.2 Å². The first-order valence-electron chi connectivity index (χ1n) is 45.9. The van der Waals surface area contributed by atoms with E-state index in [1.54, 1.807) is 12.1 Å². The molecule has 10 aromatic carbocycles. The number of hydrogen-bond acceptors (Lipinski definition) is 15. The highest BCUT2D eigenvalue weighted by Gasteiger charge is 2.33. The molecule has 36 heteroatoms. The van der Waals surface area contributed by atoms with Crippen LogP contribution >= 0.6 is 206 Å². The molecule has 0 saturated heterocycles. The molecule has 0 radical (unpaired) electrons. The Balaban J connectivity index is 0.000000368. The van der Waals surface area contributed by atoms with E-state index >= 15 is 0 Å². The molecule has 0 saturated carbocycles. The number of halogens is 17. The van der Waals surface area contributed by atoms with Crippen LogP contribution < -0.4 is 44.8 Å². The fourth-order valence-corrected chi connectivity index (χ4v) is 18.0. The van der Waals surface area contributed by atoms with Gasteiger partial charge in [0.1, 0.15) is 11.9 Å². The van der Waals surface area contributed by atoms with Crippen molar-refractivity contribution in [2.75, 3.05) is 85.9 Å². The summed E-state index contributed by atoms with van der Waals surface area (Å²) in [5, 5.41) is 22.9. The number of alkyl halides is 7. The first kappa shape index (κ1) is 131. The number of hydrogen-bond donors (Lipinski definition) is 5. The van der Waals surface area contributed by atoms with Crippen molar-refractivity contribution in [2.45, 2.75) is 189 Å². The second-order valence-corrected chi connectivity index (χ2v) is 45.7. The Kier molecular flexibility index (Phi) is 58.0. The minimum absolute atomic E-state index is 0. The molecule has 0 spiro atoms. The van der Waals surface area contributed by atoms with Crippen LogP contribution in [0.3, 0.4) is 0 Å². The molecule has 0 aliphatic heterocycles. The van der Waals surface area contributed by atoms with E-state index in [2.05, 4.69) is 146 Å². The van der Waals surface area contributed by atoms with E-state index in [1.807, 2.05) is 173 Å². The third-order valence-corrected chi connectivity index (χ3v) is 29.0. The van der Waals surface area contributed by atoms with E-state index in [0.29, 0.717) is 177 Å². The van der Waals surface area contributed by atoms with Crippen molar-refractivity contribution >= 4 is 246 Å². The largest absolute Gasteiger partial charge is 0.490 e. The van der Waals surface area contributed by atoms with Gasteiger partial charge in [0, 0.05) is 87.0 Å². The molecule has 794 valence electrons. The summed E-state index contributed by atoms with van der Waals surface area (Å²) in [6.07, 6.45) is 6.84.